The van der Waals surface area contributed by atoms with Crippen molar-refractivity contribution in [3.05, 3.63) is 36.6 Å². The van der Waals surface area contributed by atoms with Crippen molar-refractivity contribution in [1.29, 1.82) is 0 Å². The van der Waals surface area contributed by atoms with E-state index in [-0.39, 0.29) is 45.2 Å². The Balaban J connectivity index is 0.000000636. The minimum absolute atomic E-state index is 0.0168. The Labute approximate surface area is 608 Å². The summed E-state index contributed by atoms with van der Waals surface area (Å²) in [6.07, 6.45) is 3.15. The van der Waals surface area contributed by atoms with Crippen molar-refractivity contribution in [3.63, 3.8) is 0 Å². The van der Waals surface area contributed by atoms with E-state index >= 15 is 0 Å². The summed E-state index contributed by atoms with van der Waals surface area (Å²) in [5.74, 6) is 2.74. The van der Waals surface area contributed by atoms with Crippen LogP contribution in [0.3, 0.4) is 0 Å². The lowest BCUT2D eigenvalue weighted by Crippen LogP contribution is -2.31. The molecule has 0 saturated carbocycles. The van der Waals surface area contributed by atoms with Gasteiger partial charge in [0, 0.05) is 6.42 Å². The smallest absolute Gasteiger partial charge is 0.344 e. The van der Waals surface area contributed by atoms with E-state index < -0.39 is 264 Å². The molecule has 0 aliphatic carbocycles. The number of allylic oxidation sites excluding steroid dienone is 2. The first-order valence-corrected chi connectivity index (χ1v) is 46.1. The monoisotopic (exact) mass is 1770 g/mol. The van der Waals surface area contributed by atoms with Crippen molar-refractivity contribution >= 4 is 157 Å². The van der Waals surface area contributed by atoms with Crippen LogP contribution in [0.15, 0.2) is 36.6 Å². The van der Waals surface area contributed by atoms with Crippen LogP contribution in [0, 0.1) is 36.5 Å². The summed E-state index contributed by atoms with van der Waals surface area (Å²) in [5.41, 5.74) is 0.536. The number of ether oxygens (including phenoxy) is 6. The molecule has 0 N–H and O–H groups in total. The third-order valence-corrected chi connectivity index (χ3v) is 29.8. The molecule has 48 nitrogen and oxygen atoms in total. The van der Waals surface area contributed by atoms with Crippen molar-refractivity contribution in [1.82, 2.24) is 0 Å². The van der Waals surface area contributed by atoms with E-state index in [4.69, 9.17) is 12.8 Å². The molecule has 6 aliphatic heterocycles. The molecule has 0 aromatic carbocycles. The second kappa shape index (κ2) is 42.0. The molecule has 606 valence electrons. The first-order valence-electron chi connectivity index (χ1n) is 27.2. The van der Waals surface area contributed by atoms with Gasteiger partial charge in [0.15, 0.2) is 49.8 Å². The zero-order valence-electron chi connectivity index (χ0n) is 54.4. The Morgan fingerprint density at radius 1 is 0.387 bits per heavy atom. The Bertz CT molecular complexity index is 4860. The largest absolute Gasteiger partial charge is 0.463 e. The molecule has 6 saturated heterocycles. The molecule has 0 aromatic heterocycles. The number of terminal acetylenes is 2. The third-order valence-electron chi connectivity index (χ3n) is 9.82. The lowest BCUT2D eigenvalue weighted by molar-refractivity contribution is -0.153. The van der Waals surface area contributed by atoms with Crippen LogP contribution in [0.1, 0.15) is 34.1 Å². The predicted octanol–water partition coefficient (Wildman–Crippen LogP) is -7.26. The van der Waals surface area contributed by atoms with E-state index in [1.807, 2.05) is 5.92 Å². The van der Waals surface area contributed by atoms with E-state index in [0.29, 0.717) is 5.57 Å². The molecule has 106 heavy (non-hydrogen) atoms. The van der Waals surface area contributed by atoms with Crippen LogP contribution in [-0.4, -0.2) is 277 Å². The standard InChI is InChI=1S/2C8H12O8S2.2C8H10O8S2.C7H10O8S2.C7H8O8S2/c1-6(2)3-14-8(9)7-4-15-17(10,11)5-18(12,13)16-7;3*1-2-3-4-14-8(9)7-5-15-17(10,11)6-18(12,13)16-7;1-5(2)14-7(8)6-3-13-16(9,10)4-17(11,12)15-6;1-2-3-13-7(8)6-4-14-16(9,10)5-17(11,12)15-6/h7H,1,3-5H2,2H3;2-3,7H,4-6H2,1H3;7H,4-6H2,1H3;1,7H,3-6H2;6H,1,3-4H2,2H3;1,6H,3-5H2/b;3-2+;;;;. The molecular formula is C46H62O48S12. The SMILES string of the molecule is C#CCCOC(=O)C1COS(=O)(=O)CS(=O)(=O)O1.C#CCOC(=O)C1COS(=O)(=O)CS(=O)(=O)O1.C/C=C/COC(=O)C1COS(=O)(=O)CS(=O)(=O)O1.C=C(C)COC(=O)C1COS(=O)(=O)CS(=O)(=O)O1.C=C(C)OC(=O)C1COS(=O)(=O)CS(=O)(=O)O1.CC#CCOC(=O)C1COS(=O)(=O)CS(=O)(=O)O1. The van der Waals surface area contributed by atoms with E-state index in [1.165, 1.54) is 19.9 Å². The Morgan fingerprint density at radius 2 is 0.651 bits per heavy atom. The summed E-state index contributed by atoms with van der Waals surface area (Å²) in [5, 5.41) is -8.01. The van der Waals surface area contributed by atoms with Crippen LogP contribution in [-0.2, 0) is 229 Å². The van der Waals surface area contributed by atoms with Gasteiger partial charge in [0.1, 0.15) is 59.5 Å². The Morgan fingerprint density at radius 3 is 0.906 bits per heavy atom. The number of hydrogen-bond donors (Lipinski definition) is 0. The number of esters is 6. The number of rotatable bonds is 15. The van der Waals surface area contributed by atoms with Gasteiger partial charge in [-0.2, -0.15) is 101 Å². The molecule has 6 fully saturated rings. The minimum Gasteiger partial charge on any atom is -0.463 e. The zero-order chi connectivity index (χ0) is 81.8. The van der Waals surface area contributed by atoms with Crippen LogP contribution >= 0.6 is 0 Å². The average molecular weight is 1770 g/mol. The van der Waals surface area contributed by atoms with Crippen LogP contribution in [0.4, 0.5) is 0 Å². The van der Waals surface area contributed by atoms with Gasteiger partial charge in [-0.15, -0.1) is 24.7 Å². The van der Waals surface area contributed by atoms with Gasteiger partial charge in [0.2, 0.25) is 30.5 Å². The first-order chi connectivity index (χ1) is 48.3. The van der Waals surface area contributed by atoms with Gasteiger partial charge in [-0.25, -0.2) is 28.8 Å². The van der Waals surface area contributed by atoms with Crippen LogP contribution in [0.2, 0.25) is 0 Å². The first kappa shape index (κ1) is 97.7. The Hall–Kier alpha value is -6.36. The fourth-order valence-electron chi connectivity index (χ4n) is 5.92. The highest BCUT2D eigenvalue weighted by atomic mass is 32.3. The third kappa shape index (κ3) is 41.8. The average Bonchev–Trinajstić information content (AvgIpc) is 1.74. The molecule has 6 rings (SSSR count). The lowest BCUT2D eigenvalue weighted by Gasteiger charge is -2.11. The molecule has 6 atom stereocenters. The summed E-state index contributed by atoms with van der Waals surface area (Å²) < 4.78 is 346. The Kier molecular flexibility index (Phi) is 38.7. The second-order valence-corrected chi connectivity index (χ2v) is 41.1. The fourth-order valence-corrected chi connectivity index (χ4v) is 22.3. The van der Waals surface area contributed by atoms with Gasteiger partial charge in [0.05, 0.1) is 5.76 Å². The summed E-state index contributed by atoms with van der Waals surface area (Å²) in [6.45, 7) is 7.50. The van der Waals surface area contributed by atoms with E-state index in [9.17, 15) is 130 Å². The van der Waals surface area contributed by atoms with Gasteiger partial charge < -0.3 is 28.4 Å². The maximum absolute atomic E-state index is 11.4. The van der Waals surface area contributed by atoms with Crippen molar-refractivity contribution in [2.75, 3.05) is 103 Å². The van der Waals surface area contributed by atoms with Crippen LogP contribution < -0.4 is 0 Å². The molecule has 6 heterocycles. The summed E-state index contributed by atoms with van der Waals surface area (Å²) in [6, 6.07) is 0. The van der Waals surface area contributed by atoms with Crippen molar-refractivity contribution in [2.24, 2.45) is 0 Å². The maximum atomic E-state index is 11.4. The predicted molar refractivity (Wildman–Crippen MR) is 342 cm³/mol. The number of carbonyl (C=O) groups excluding carboxylic acids is 6. The summed E-state index contributed by atoms with van der Waals surface area (Å²) >= 11 is 0. The normalized spacial score (nSPS) is 26.1. The summed E-state index contributed by atoms with van der Waals surface area (Å²) in [4.78, 5) is 68.1. The highest BCUT2D eigenvalue weighted by Crippen LogP contribution is 2.20. The van der Waals surface area contributed by atoms with Crippen molar-refractivity contribution in [3.8, 4) is 36.5 Å². The molecule has 0 aromatic rings. The molecule has 0 spiro atoms. The zero-order valence-corrected chi connectivity index (χ0v) is 64.2. The molecule has 60 heteroatoms. The highest BCUT2D eigenvalue weighted by molar-refractivity contribution is 8.06. The van der Waals surface area contributed by atoms with Crippen LogP contribution in [0.5, 0.6) is 0 Å². The lowest BCUT2D eigenvalue weighted by atomic mass is 10.3. The topological polar surface area (TPSA) is 678 Å². The highest BCUT2D eigenvalue weighted by Gasteiger charge is 2.43. The van der Waals surface area contributed by atoms with E-state index in [1.54, 1.807) is 19.9 Å². The number of hydrogen-bond acceptors (Lipinski definition) is 48. The van der Waals surface area contributed by atoms with E-state index in [2.05, 4.69) is 110 Å². The molecule has 0 bridgehead atoms. The minimum atomic E-state index is -4.41. The van der Waals surface area contributed by atoms with Gasteiger partial charge in [0.25, 0.3) is 121 Å². The second-order valence-electron chi connectivity index (χ2n) is 19.5. The molecular weight excluding hydrogens is 1710 g/mol. The fraction of sp³-hybridized carbons (Fsp3) is 0.609. The van der Waals surface area contributed by atoms with Gasteiger partial charge in [-0.3, -0.25) is 50.2 Å². The van der Waals surface area contributed by atoms with Gasteiger partial charge in [-0.05, 0) is 33.3 Å². The molecule has 0 radical (unpaired) electrons. The maximum Gasteiger partial charge on any atom is 0.344 e. The van der Waals surface area contributed by atoms with Gasteiger partial charge in [-0.1, -0.05) is 37.2 Å². The van der Waals surface area contributed by atoms with Crippen molar-refractivity contribution < 1.29 is 208 Å². The van der Waals surface area contributed by atoms with Crippen molar-refractivity contribution in [2.45, 2.75) is 70.7 Å². The summed E-state index contributed by atoms with van der Waals surface area (Å²) in [7, 11) is -52.0. The van der Waals surface area contributed by atoms with Crippen LogP contribution in [0.25, 0.3) is 0 Å². The molecule has 0 amide bonds. The van der Waals surface area contributed by atoms with Gasteiger partial charge >= 0.3 is 35.8 Å². The van der Waals surface area contributed by atoms with E-state index in [0.717, 1.165) is 0 Å². The molecule has 6 aliphatic rings. The quantitative estimate of drug-likeness (QED) is 0.0280. The molecule has 6 unspecified atom stereocenters. The number of carbonyl (C=O) groups is 6.